The van der Waals surface area contributed by atoms with Crippen LogP contribution in [-0.4, -0.2) is 20.7 Å². The van der Waals surface area contributed by atoms with Crippen LogP contribution in [0.5, 0.6) is 0 Å². The number of thiazole rings is 1. The van der Waals surface area contributed by atoms with Gasteiger partial charge in [0.1, 0.15) is 12.2 Å². The minimum absolute atomic E-state index is 0.185. The zero-order valence-electron chi connectivity index (χ0n) is 19.2. The number of hydrogen-bond acceptors (Lipinski definition) is 5. The Kier molecular flexibility index (Phi) is 5.69. The predicted molar refractivity (Wildman–Crippen MR) is 131 cm³/mol. The summed E-state index contributed by atoms with van der Waals surface area (Å²) in [6.45, 7) is 11.7. The van der Waals surface area contributed by atoms with Crippen LogP contribution >= 0.6 is 11.3 Å². The quantitative estimate of drug-likeness (QED) is 0.478. The lowest BCUT2D eigenvalue weighted by Crippen LogP contribution is -2.30. The van der Waals surface area contributed by atoms with Gasteiger partial charge in [-0.1, -0.05) is 41.5 Å². The highest BCUT2D eigenvalue weighted by Crippen LogP contribution is 2.31. The minimum atomic E-state index is -0.356. The van der Waals surface area contributed by atoms with Crippen LogP contribution in [0, 0.1) is 41.5 Å². The fourth-order valence-electron chi connectivity index (χ4n) is 4.12. The number of carbonyl (C=O) groups excluding carboxylic acids is 1. The standard InChI is InChI=1S/C25H26N4O2S/c1-13-7-8-19(15(3)9-13)22-24-23(26-18(6)32-24)25(31)29(28-22)12-20(30)27-21-16(4)10-14(2)11-17(21)5/h7-11H,12H2,1-6H3,(H,27,30). The molecule has 0 aliphatic rings. The van der Waals surface area contributed by atoms with Crippen LogP contribution < -0.4 is 10.9 Å². The molecule has 164 valence electrons. The molecule has 0 bridgehead atoms. The Bertz CT molecular complexity index is 1410. The van der Waals surface area contributed by atoms with Crippen molar-refractivity contribution in [2.75, 3.05) is 5.32 Å². The normalized spacial score (nSPS) is 11.2. The molecule has 1 amide bonds. The van der Waals surface area contributed by atoms with E-state index in [-0.39, 0.29) is 18.0 Å². The highest BCUT2D eigenvalue weighted by atomic mass is 32.1. The van der Waals surface area contributed by atoms with Crippen molar-refractivity contribution < 1.29 is 4.79 Å². The zero-order chi connectivity index (χ0) is 23.2. The highest BCUT2D eigenvalue weighted by Gasteiger charge is 2.19. The van der Waals surface area contributed by atoms with E-state index in [2.05, 4.69) is 21.5 Å². The number of aromatic nitrogens is 3. The minimum Gasteiger partial charge on any atom is -0.324 e. The second kappa shape index (κ2) is 8.31. The predicted octanol–water partition coefficient (Wildman–Crippen LogP) is 5.01. The summed E-state index contributed by atoms with van der Waals surface area (Å²) in [5, 5.41) is 8.37. The van der Waals surface area contributed by atoms with Gasteiger partial charge in [-0.15, -0.1) is 11.3 Å². The molecule has 0 saturated carbocycles. The van der Waals surface area contributed by atoms with Crippen LogP contribution in [0.3, 0.4) is 0 Å². The van der Waals surface area contributed by atoms with Gasteiger partial charge in [0, 0.05) is 11.3 Å². The Morgan fingerprint density at radius 2 is 1.62 bits per heavy atom. The third kappa shape index (κ3) is 4.08. The van der Waals surface area contributed by atoms with E-state index in [9.17, 15) is 9.59 Å². The summed E-state index contributed by atoms with van der Waals surface area (Å²) < 4.78 is 1.98. The summed E-state index contributed by atoms with van der Waals surface area (Å²) in [5.74, 6) is -0.299. The maximum absolute atomic E-state index is 13.1. The van der Waals surface area contributed by atoms with E-state index in [1.54, 1.807) is 0 Å². The summed E-state index contributed by atoms with van der Waals surface area (Å²) in [4.78, 5) is 30.4. The number of nitrogens with zero attached hydrogens (tertiary/aromatic N) is 3. The average molecular weight is 447 g/mol. The first kappa shape index (κ1) is 21.9. The van der Waals surface area contributed by atoms with E-state index in [0.29, 0.717) is 11.2 Å². The van der Waals surface area contributed by atoms with Gasteiger partial charge >= 0.3 is 0 Å². The first-order valence-corrected chi connectivity index (χ1v) is 11.3. The molecule has 2 aromatic heterocycles. The molecule has 0 unspecified atom stereocenters. The van der Waals surface area contributed by atoms with E-state index in [1.165, 1.54) is 16.0 Å². The van der Waals surface area contributed by atoms with Crippen molar-refractivity contribution in [2.24, 2.45) is 0 Å². The molecule has 0 aliphatic heterocycles. The SMILES string of the molecule is Cc1ccc(-c2nn(CC(=O)Nc3c(C)cc(C)cc3C)c(=O)c3nc(C)sc23)c(C)c1. The molecule has 2 aromatic carbocycles. The van der Waals surface area contributed by atoms with Gasteiger partial charge in [-0.25, -0.2) is 9.67 Å². The maximum atomic E-state index is 13.1. The molecule has 0 spiro atoms. The molecule has 6 nitrogen and oxygen atoms in total. The molecular weight excluding hydrogens is 420 g/mol. The van der Waals surface area contributed by atoms with E-state index < -0.39 is 0 Å². The molecule has 0 saturated heterocycles. The van der Waals surface area contributed by atoms with Crippen molar-refractivity contribution in [1.82, 2.24) is 14.8 Å². The third-order valence-corrected chi connectivity index (χ3v) is 6.46. The van der Waals surface area contributed by atoms with Crippen LogP contribution in [-0.2, 0) is 11.3 Å². The molecule has 0 radical (unpaired) electrons. The summed E-state index contributed by atoms with van der Waals surface area (Å²) in [6, 6.07) is 10.2. The Labute approximate surface area is 190 Å². The number of hydrogen-bond donors (Lipinski definition) is 1. The number of benzene rings is 2. The van der Waals surface area contributed by atoms with Crippen molar-refractivity contribution >= 4 is 33.1 Å². The largest absolute Gasteiger partial charge is 0.324 e. The van der Waals surface area contributed by atoms with Crippen LogP contribution in [0.4, 0.5) is 5.69 Å². The lowest BCUT2D eigenvalue weighted by atomic mass is 10.0. The van der Waals surface area contributed by atoms with Crippen molar-refractivity contribution in [1.29, 1.82) is 0 Å². The molecule has 7 heteroatoms. The second-order valence-corrected chi connectivity index (χ2v) is 9.57. The van der Waals surface area contributed by atoms with E-state index in [1.807, 2.05) is 65.8 Å². The number of fused-ring (bicyclic) bond motifs is 1. The highest BCUT2D eigenvalue weighted by molar-refractivity contribution is 7.19. The molecule has 32 heavy (non-hydrogen) atoms. The lowest BCUT2D eigenvalue weighted by Gasteiger charge is -2.14. The van der Waals surface area contributed by atoms with Crippen molar-refractivity contribution in [3.63, 3.8) is 0 Å². The van der Waals surface area contributed by atoms with Gasteiger partial charge in [-0.3, -0.25) is 9.59 Å². The lowest BCUT2D eigenvalue weighted by molar-refractivity contribution is -0.117. The van der Waals surface area contributed by atoms with Gasteiger partial charge in [0.05, 0.1) is 9.71 Å². The van der Waals surface area contributed by atoms with Gasteiger partial charge in [-0.2, -0.15) is 5.10 Å². The van der Waals surface area contributed by atoms with Crippen molar-refractivity contribution in [3.8, 4) is 11.3 Å². The molecular formula is C25H26N4O2S. The molecule has 1 N–H and O–H groups in total. The van der Waals surface area contributed by atoms with Gasteiger partial charge in [0.15, 0.2) is 5.52 Å². The Balaban J connectivity index is 1.77. The number of carbonyl (C=O) groups is 1. The second-order valence-electron chi connectivity index (χ2n) is 8.36. The summed E-state index contributed by atoms with van der Waals surface area (Å²) in [7, 11) is 0. The third-order valence-electron chi connectivity index (χ3n) is 5.48. The molecule has 0 aliphatic carbocycles. The van der Waals surface area contributed by atoms with E-state index >= 15 is 0 Å². The summed E-state index contributed by atoms with van der Waals surface area (Å²) in [5.41, 5.74) is 7.70. The molecule has 0 atom stereocenters. The molecule has 2 heterocycles. The Hall–Kier alpha value is -3.32. The van der Waals surface area contributed by atoms with Gasteiger partial charge in [0.25, 0.3) is 5.56 Å². The van der Waals surface area contributed by atoms with Crippen LogP contribution in [0.2, 0.25) is 0 Å². The fourth-order valence-corrected chi connectivity index (χ4v) is 5.03. The number of aryl methyl sites for hydroxylation is 6. The monoisotopic (exact) mass is 446 g/mol. The van der Waals surface area contributed by atoms with Gasteiger partial charge < -0.3 is 5.32 Å². The van der Waals surface area contributed by atoms with Crippen LogP contribution in [0.1, 0.15) is 32.8 Å². The van der Waals surface area contributed by atoms with E-state index in [4.69, 9.17) is 0 Å². The zero-order valence-corrected chi connectivity index (χ0v) is 20.0. The topological polar surface area (TPSA) is 76.9 Å². The number of amides is 1. The maximum Gasteiger partial charge on any atom is 0.294 e. The van der Waals surface area contributed by atoms with Gasteiger partial charge in [-0.05, 0) is 58.2 Å². The molecule has 4 rings (SSSR count). The number of nitrogens with one attached hydrogen (secondary N) is 1. The smallest absolute Gasteiger partial charge is 0.294 e. The van der Waals surface area contributed by atoms with Crippen LogP contribution in [0.15, 0.2) is 35.1 Å². The fraction of sp³-hybridized carbons (Fsp3) is 0.280. The summed E-state index contributed by atoms with van der Waals surface area (Å²) >= 11 is 1.45. The molecule has 4 aromatic rings. The molecule has 0 fully saturated rings. The van der Waals surface area contributed by atoms with Gasteiger partial charge in [0.2, 0.25) is 5.91 Å². The van der Waals surface area contributed by atoms with E-state index in [0.717, 1.165) is 48.8 Å². The van der Waals surface area contributed by atoms with Crippen molar-refractivity contribution in [3.05, 3.63) is 73.5 Å². The Morgan fingerprint density at radius 1 is 0.969 bits per heavy atom. The first-order chi connectivity index (χ1) is 15.1. The average Bonchev–Trinajstić information content (AvgIpc) is 3.09. The number of anilines is 1. The van der Waals surface area contributed by atoms with Crippen molar-refractivity contribution in [2.45, 2.75) is 48.1 Å². The number of rotatable bonds is 4. The Morgan fingerprint density at radius 3 is 2.28 bits per heavy atom. The summed E-state index contributed by atoms with van der Waals surface area (Å²) in [6.07, 6.45) is 0. The first-order valence-electron chi connectivity index (χ1n) is 10.5. The van der Waals surface area contributed by atoms with Crippen LogP contribution in [0.25, 0.3) is 21.5 Å².